The Kier molecular flexibility index (Phi) is 4.35. The van der Waals surface area contributed by atoms with Gasteiger partial charge in [-0.3, -0.25) is 4.79 Å². The summed E-state index contributed by atoms with van der Waals surface area (Å²) in [4.78, 5) is 15.9. The van der Waals surface area contributed by atoms with E-state index in [0.717, 1.165) is 39.1 Å². The number of carbonyl (C=O) groups is 1. The number of carbonyl (C=O) groups excluding carboxylic acids is 1. The second-order valence-electron chi connectivity index (χ2n) is 3.90. The lowest BCUT2D eigenvalue weighted by molar-refractivity contribution is -0.132. The molecule has 2 N–H and O–H groups in total. The molecule has 0 aliphatic carbocycles. The van der Waals surface area contributed by atoms with E-state index in [-0.39, 0.29) is 11.9 Å². The molecule has 0 saturated carbocycles. The Labute approximate surface area is 86.0 Å². The van der Waals surface area contributed by atoms with Gasteiger partial charge in [0.15, 0.2) is 0 Å². The zero-order valence-electron chi connectivity index (χ0n) is 9.20. The Balaban J connectivity index is 2.45. The lowest BCUT2D eigenvalue weighted by Crippen LogP contribution is -2.43. The van der Waals surface area contributed by atoms with Crippen LogP contribution in [0.5, 0.6) is 0 Å². The highest BCUT2D eigenvalue weighted by atomic mass is 16.2. The molecule has 1 amide bonds. The molecule has 0 aromatic carbocycles. The molecule has 1 atom stereocenters. The molecule has 0 bridgehead atoms. The first-order chi connectivity index (χ1) is 6.65. The third-order valence-corrected chi connectivity index (χ3v) is 2.74. The van der Waals surface area contributed by atoms with Crippen LogP contribution in [0.4, 0.5) is 0 Å². The first kappa shape index (κ1) is 11.5. The zero-order valence-corrected chi connectivity index (χ0v) is 9.20. The van der Waals surface area contributed by atoms with Gasteiger partial charge in [0.05, 0.1) is 6.04 Å². The number of amides is 1. The molecular formula is C10H21N3O. The van der Waals surface area contributed by atoms with Crippen molar-refractivity contribution in [1.82, 2.24) is 9.80 Å². The van der Waals surface area contributed by atoms with Crippen LogP contribution in [0.15, 0.2) is 0 Å². The highest BCUT2D eigenvalue weighted by Gasteiger charge is 2.20. The molecule has 1 unspecified atom stereocenters. The highest BCUT2D eigenvalue weighted by Crippen LogP contribution is 2.03. The van der Waals surface area contributed by atoms with Crippen LogP contribution in [0.25, 0.3) is 0 Å². The molecule has 1 fully saturated rings. The van der Waals surface area contributed by atoms with Crippen molar-refractivity contribution in [2.75, 3.05) is 32.7 Å². The van der Waals surface area contributed by atoms with Crippen molar-refractivity contribution in [1.29, 1.82) is 0 Å². The van der Waals surface area contributed by atoms with E-state index in [1.165, 1.54) is 0 Å². The van der Waals surface area contributed by atoms with Gasteiger partial charge in [0.25, 0.3) is 0 Å². The number of hydrogen-bond acceptors (Lipinski definition) is 3. The number of rotatable bonds is 2. The Hall–Kier alpha value is -0.610. The van der Waals surface area contributed by atoms with Gasteiger partial charge in [-0.15, -0.1) is 0 Å². The Morgan fingerprint density at radius 2 is 2.07 bits per heavy atom. The van der Waals surface area contributed by atoms with Gasteiger partial charge in [0.1, 0.15) is 0 Å². The summed E-state index contributed by atoms with van der Waals surface area (Å²) in [6.45, 7) is 8.74. The highest BCUT2D eigenvalue weighted by molar-refractivity contribution is 5.81. The summed E-state index contributed by atoms with van der Waals surface area (Å²) in [6, 6.07) is -0.358. The van der Waals surface area contributed by atoms with Gasteiger partial charge in [0.2, 0.25) is 5.91 Å². The van der Waals surface area contributed by atoms with Gasteiger partial charge in [-0.1, -0.05) is 6.92 Å². The molecule has 4 nitrogen and oxygen atoms in total. The molecule has 0 radical (unpaired) electrons. The number of nitrogens with two attached hydrogens (primary N) is 1. The van der Waals surface area contributed by atoms with E-state index >= 15 is 0 Å². The molecular weight excluding hydrogens is 178 g/mol. The monoisotopic (exact) mass is 199 g/mol. The second-order valence-corrected chi connectivity index (χ2v) is 3.90. The van der Waals surface area contributed by atoms with Crippen LogP contribution in [-0.2, 0) is 4.79 Å². The fraction of sp³-hybridized carbons (Fsp3) is 0.900. The van der Waals surface area contributed by atoms with Gasteiger partial charge in [-0.05, 0) is 26.4 Å². The zero-order chi connectivity index (χ0) is 10.6. The lowest BCUT2D eigenvalue weighted by Gasteiger charge is -2.22. The van der Waals surface area contributed by atoms with Gasteiger partial charge >= 0.3 is 0 Å². The Morgan fingerprint density at radius 1 is 1.36 bits per heavy atom. The molecule has 4 heteroatoms. The van der Waals surface area contributed by atoms with Crippen molar-refractivity contribution in [3.05, 3.63) is 0 Å². The predicted molar refractivity (Wildman–Crippen MR) is 57.0 cm³/mol. The van der Waals surface area contributed by atoms with Crippen LogP contribution in [-0.4, -0.2) is 54.5 Å². The van der Waals surface area contributed by atoms with Crippen molar-refractivity contribution in [3.8, 4) is 0 Å². The molecule has 0 spiro atoms. The molecule has 82 valence electrons. The summed E-state index contributed by atoms with van der Waals surface area (Å²) >= 11 is 0. The molecule has 0 aromatic heterocycles. The van der Waals surface area contributed by atoms with Crippen LogP contribution in [0.3, 0.4) is 0 Å². The van der Waals surface area contributed by atoms with Gasteiger partial charge in [-0.25, -0.2) is 0 Å². The van der Waals surface area contributed by atoms with Gasteiger partial charge < -0.3 is 15.5 Å². The van der Waals surface area contributed by atoms with E-state index in [1.807, 2.05) is 4.90 Å². The average molecular weight is 199 g/mol. The second kappa shape index (κ2) is 5.32. The fourth-order valence-corrected chi connectivity index (χ4v) is 1.80. The normalized spacial score (nSPS) is 21.8. The average Bonchev–Trinajstić information content (AvgIpc) is 2.41. The lowest BCUT2D eigenvalue weighted by atomic mass is 10.3. The SMILES string of the molecule is CCN1CCCN(C(=O)C(C)N)CC1. The molecule has 1 saturated heterocycles. The van der Waals surface area contributed by atoms with Crippen LogP contribution in [0.2, 0.25) is 0 Å². The number of nitrogens with zero attached hydrogens (tertiary/aromatic N) is 2. The smallest absolute Gasteiger partial charge is 0.239 e. The number of hydrogen-bond donors (Lipinski definition) is 1. The van der Waals surface area contributed by atoms with Crippen molar-refractivity contribution >= 4 is 5.91 Å². The minimum atomic E-state index is -0.358. The van der Waals surface area contributed by atoms with Crippen molar-refractivity contribution in [2.45, 2.75) is 26.3 Å². The Morgan fingerprint density at radius 3 is 2.64 bits per heavy atom. The molecule has 1 aliphatic heterocycles. The van der Waals surface area contributed by atoms with Crippen LogP contribution < -0.4 is 5.73 Å². The maximum Gasteiger partial charge on any atom is 0.239 e. The summed E-state index contributed by atoms with van der Waals surface area (Å²) in [7, 11) is 0. The van der Waals surface area contributed by atoms with Crippen molar-refractivity contribution in [3.63, 3.8) is 0 Å². The summed E-state index contributed by atoms with van der Waals surface area (Å²) < 4.78 is 0. The van der Waals surface area contributed by atoms with Gasteiger partial charge in [-0.2, -0.15) is 0 Å². The van der Waals surface area contributed by atoms with E-state index in [4.69, 9.17) is 5.73 Å². The predicted octanol–water partition coefficient (Wildman–Crippen LogP) is -0.112. The molecule has 1 heterocycles. The minimum Gasteiger partial charge on any atom is -0.340 e. The summed E-state index contributed by atoms with van der Waals surface area (Å²) in [6.07, 6.45) is 1.06. The third kappa shape index (κ3) is 2.96. The third-order valence-electron chi connectivity index (χ3n) is 2.74. The topological polar surface area (TPSA) is 49.6 Å². The first-order valence-corrected chi connectivity index (χ1v) is 5.42. The van der Waals surface area contributed by atoms with Crippen LogP contribution in [0, 0.1) is 0 Å². The maximum absolute atomic E-state index is 11.6. The van der Waals surface area contributed by atoms with E-state index in [2.05, 4.69) is 11.8 Å². The Bertz CT molecular complexity index is 194. The molecule has 14 heavy (non-hydrogen) atoms. The molecule has 0 aromatic rings. The standard InChI is InChI=1S/C10H21N3O/c1-3-12-5-4-6-13(8-7-12)10(14)9(2)11/h9H,3-8,11H2,1-2H3. The van der Waals surface area contributed by atoms with Crippen LogP contribution in [0.1, 0.15) is 20.3 Å². The van der Waals surface area contributed by atoms with E-state index in [1.54, 1.807) is 6.92 Å². The van der Waals surface area contributed by atoms with E-state index < -0.39 is 0 Å². The van der Waals surface area contributed by atoms with Gasteiger partial charge in [0, 0.05) is 19.6 Å². The van der Waals surface area contributed by atoms with E-state index in [9.17, 15) is 4.79 Å². The van der Waals surface area contributed by atoms with Crippen LogP contribution >= 0.6 is 0 Å². The fourth-order valence-electron chi connectivity index (χ4n) is 1.80. The summed E-state index contributed by atoms with van der Waals surface area (Å²) in [5.41, 5.74) is 5.58. The minimum absolute atomic E-state index is 0.0861. The largest absolute Gasteiger partial charge is 0.340 e. The molecule has 1 rings (SSSR count). The van der Waals surface area contributed by atoms with Crippen molar-refractivity contribution in [2.24, 2.45) is 5.73 Å². The van der Waals surface area contributed by atoms with Crippen molar-refractivity contribution < 1.29 is 4.79 Å². The quantitative estimate of drug-likeness (QED) is 0.675. The molecule has 1 aliphatic rings. The first-order valence-electron chi connectivity index (χ1n) is 5.42. The van der Waals surface area contributed by atoms with E-state index in [0.29, 0.717) is 0 Å². The number of likely N-dealkylation sites (N-methyl/N-ethyl adjacent to an activating group) is 1. The summed E-state index contributed by atoms with van der Waals surface area (Å²) in [5.74, 6) is 0.0861. The summed E-state index contributed by atoms with van der Waals surface area (Å²) in [5, 5.41) is 0. The maximum atomic E-state index is 11.6.